The largest absolute Gasteiger partial charge is 0.368 e. The SMILES string of the molecule is CCSc1nnc(N)n1C(C)C(=O)Nc1sc2c(c1C(N)=O)CCCC2. The highest BCUT2D eigenvalue weighted by atomic mass is 32.2. The number of carbonyl (C=O) groups excluding carboxylic acids is 2. The number of thioether (sulfide) groups is 1. The van der Waals surface area contributed by atoms with Gasteiger partial charge in [0.05, 0.1) is 5.56 Å². The van der Waals surface area contributed by atoms with E-state index in [1.807, 2.05) is 6.92 Å². The van der Waals surface area contributed by atoms with Gasteiger partial charge in [-0.15, -0.1) is 21.5 Å². The first-order valence-corrected chi connectivity index (χ1v) is 10.3. The Labute approximate surface area is 159 Å². The van der Waals surface area contributed by atoms with E-state index in [4.69, 9.17) is 11.5 Å². The Morgan fingerprint density at radius 1 is 1.35 bits per heavy atom. The molecule has 1 atom stereocenters. The first kappa shape index (κ1) is 18.7. The molecule has 5 N–H and O–H groups in total. The molecule has 2 heterocycles. The maximum Gasteiger partial charge on any atom is 0.251 e. The monoisotopic (exact) mass is 394 g/mol. The van der Waals surface area contributed by atoms with E-state index in [-0.39, 0.29) is 11.9 Å². The zero-order chi connectivity index (χ0) is 18.8. The lowest BCUT2D eigenvalue weighted by Crippen LogP contribution is -2.26. The number of aryl methyl sites for hydroxylation is 1. The van der Waals surface area contributed by atoms with Gasteiger partial charge in [0.1, 0.15) is 11.0 Å². The molecular formula is C16H22N6O2S2. The van der Waals surface area contributed by atoms with Crippen LogP contribution >= 0.6 is 23.1 Å². The van der Waals surface area contributed by atoms with E-state index in [0.717, 1.165) is 41.9 Å². The zero-order valence-corrected chi connectivity index (χ0v) is 16.4. The van der Waals surface area contributed by atoms with Crippen molar-refractivity contribution in [1.82, 2.24) is 14.8 Å². The van der Waals surface area contributed by atoms with Crippen LogP contribution in [0.25, 0.3) is 0 Å². The van der Waals surface area contributed by atoms with Crippen molar-refractivity contribution >= 4 is 45.9 Å². The Balaban J connectivity index is 1.88. The van der Waals surface area contributed by atoms with Gasteiger partial charge in [0.15, 0.2) is 5.16 Å². The summed E-state index contributed by atoms with van der Waals surface area (Å²) in [4.78, 5) is 25.9. The molecule has 0 aromatic carbocycles. The fourth-order valence-corrected chi connectivity index (χ4v) is 5.17. The van der Waals surface area contributed by atoms with Crippen molar-refractivity contribution in [3.8, 4) is 0 Å². The molecule has 0 aliphatic heterocycles. The maximum atomic E-state index is 12.8. The van der Waals surface area contributed by atoms with Gasteiger partial charge in [-0.3, -0.25) is 14.2 Å². The van der Waals surface area contributed by atoms with Crippen LogP contribution in [0.1, 0.15) is 53.5 Å². The molecule has 26 heavy (non-hydrogen) atoms. The number of nitrogen functional groups attached to an aromatic ring is 1. The van der Waals surface area contributed by atoms with Crippen molar-refractivity contribution in [3.05, 3.63) is 16.0 Å². The van der Waals surface area contributed by atoms with E-state index < -0.39 is 11.9 Å². The Kier molecular flexibility index (Phi) is 5.52. The van der Waals surface area contributed by atoms with Crippen LogP contribution in [0.5, 0.6) is 0 Å². The molecule has 0 saturated carbocycles. The van der Waals surface area contributed by atoms with Gasteiger partial charge in [-0.1, -0.05) is 18.7 Å². The first-order valence-electron chi connectivity index (χ1n) is 8.52. The zero-order valence-electron chi connectivity index (χ0n) is 14.7. The van der Waals surface area contributed by atoms with Crippen LogP contribution in [0.3, 0.4) is 0 Å². The Hall–Kier alpha value is -2.07. The van der Waals surface area contributed by atoms with Crippen LogP contribution in [-0.2, 0) is 17.6 Å². The van der Waals surface area contributed by atoms with Gasteiger partial charge in [-0.25, -0.2) is 0 Å². The van der Waals surface area contributed by atoms with Crippen LogP contribution in [0, 0.1) is 0 Å². The molecule has 1 aliphatic rings. The second kappa shape index (κ2) is 7.67. The number of hydrogen-bond donors (Lipinski definition) is 3. The number of amides is 2. The fraction of sp³-hybridized carbons (Fsp3) is 0.500. The van der Waals surface area contributed by atoms with Crippen molar-refractivity contribution in [2.45, 2.75) is 50.7 Å². The molecule has 0 saturated heterocycles. The van der Waals surface area contributed by atoms with E-state index >= 15 is 0 Å². The van der Waals surface area contributed by atoms with E-state index in [1.165, 1.54) is 23.1 Å². The predicted octanol–water partition coefficient (Wildman–Crippen LogP) is 2.21. The molecule has 2 amide bonds. The Morgan fingerprint density at radius 3 is 2.77 bits per heavy atom. The molecule has 10 heteroatoms. The number of nitrogens with zero attached hydrogens (tertiary/aromatic N) is 3. The van der Waals surface area contributed by atoms with Crippen molar-refractivity contribution < 1.29 is 9.59 Å². The maximum absolute atomic E-state index is 12.8. The van der Waals surface area contributed by atoms with Gasteiger partial charge >= 0.3 is 0 Å². The van der Waals surface area contributed by atoms with Crippen molar-refractivity contribution in [2.24, 2.45) is 5.73 Å². The average molecular weight is 395 g/mol. The standard InChI is InChI=1S/C16H22N6O2S2/c1-3-25-16-21-20-15(18)22(16)8(2)13(24)19-14-11(12(17)23)9-6-4-5-7-10(9)26-14/h8H,3-7H2,1-2H3,(H2,17,23)(H2,18,20)(H,19,24). The number of hydrogen-bond acceptors (Lipinski definition) is 7. The second-order valence-electron chi connectivity index (χ2n) is 6.09. The van der Waals surface area contributed by atoms with E-state index in [0.29, 0.717) is 15.7 Å². The van der Waals surface area contributed by atoms with Gasteiger partial charge < -0.3 is 16.8 Å². The second-order valence-corrected chi connectivity index (χ2v) is 8.42. The lowest BCUT2D eigenvalue weighted by molar-refractivity contribution is -0.118. The molecule has 2 aromatic heterocycles. The van der Waals surface area contributed by atoms with E-state index in [2.05, 4.69) is 15.5 Å². The molecule has 8 nitrogen and oxygen atoms in total. The van der Waals surface area contributed by atoms with Crippen molar-refractivity contribution in [2.75, 3.05) is 16.8 Å². The number of rotatable bonds is 6. The highest BCUT2D eigenvalue weighted by molar-refractivity contribution is 7.99. The van der Waals surface area contributed by atoms with Gasteiger partial charge in [0.2, 0.25) is 11.9 Å². The number of nitrogens with one attached hydrogen (secondary N) is 1. The van der Waals surface area contributed by atoms with Gasteiger partial charge in [0, 0.05) is 4.88 Å². The molecule has 140 valence electrons. The Bertz CT molecular complexity index is 844. The molecule has 3 rings (SSSR count). The van der Waals surface area contributed by atoms with Gasteiger partial charge in [-0.2, -0.15) is 0 Å². The summed E-state index contributed by atoms with van der Waals surface area (Å²) in [5.74, 6) is 0.189. The summed E-state index contributed by atoms with van der Waals surface area (Å²) in [5, 5.41) is 11.9. The number of aromatic nitrogens is 3. The molecule has 0 radical (unpaired) electrons. The van der Waals surface area contributed by atoms with Crippen LogP contribution in [-0.4, -0.2) is 32.3 Å². The molecule has 0 fully saturated rings. The smallest absolute Gasteiger partial charge is 0.251 e. The molecule has 1 unspecified atom stereocenters. The minimum Gasteiger partial charge on any atom is -0.368 e. The lowest BCUT2D eigenvalue weighted by Gasteiger charge is -2.16. The summed E-state index contributed by atoms with van der Waals surface area (Å²) in [6.07, 6.45) is 3.86. The van der Waals surface area contributed by atoms with Crippen molar-refractivity contribution in [3.63, 3.8) is 0 Å². The van der Waals surface area contributed by atoms with Crippen LogP contribution in [0.15, 0.2) is 5.16 Å². The Morgan fingerprint density at radius 2 is 2.08 bits per heavy atom. The minimum atomic E-state index is -0.612. The topological polar surface area (TPSA) is 129 Å². The quantitative estimate of drug-likeness (QED) is 0.644. The van der Waals surface area contributed by atoms with Crippen LogP contribution < -0.4 is 16.8 Å². The third-order valence-electron chi connectivity index (χ3n) is 4.39. The summed E-state index contributed by atoms with van der Waals surface area (Å²) in [6, 6.07) is -0.612. The van der Waals surface area contributed by atoms with Crippen molar-refractivity contribution in [1.29, 1.82) is 0 Å². The van der Waals surface area contributed by atoms with Crippen LogP contribution in [0.4, 0.5) is 10.9 Å². The number of fused-ring (bicyclic) bond motifs is 1. The van der Waals surface area contributed by atoms with Gasteiger partial charge in [0.25, 0.3) is 5.91 Å². The number of primary amides is 1. The average Bonchev–Trinajstić information content (AvgIpc) is 3.14. The number of nitrogens with two attached hydrogens (primary N) is 2. The number of carbonyl (C=O) groups is 2. The fourth-order valence-electron chi connectivity index (χ4n) is 3.13. The summed E-state index contributed by atoms with van der Waals surface area (Å²) >= 11 is 2.90. The highest BCUT2D eigenvalue weighted by Crippen LogP contribution is 2.38. The summed E-state index contributed by atoms with van der Waals surface area (Å²) in [7, 11) is 0. The molecule has 2 aromatic rings. The lowest BCUT2D eigenvalue weighted by atomic mass is 9.95. The van der Waals surface area contributed by atoms with E-state index in [1.54, 1.807) is 11.5 Å². The molecule has 1 aliphatic carbocycles. The third kappa shape index (κ3) is 3.43. The van der Waals surface area contributed by atoms with Crippen LogP contribution in [0.2, 0.25) is 0 Å². The first-order chi connectivity index (χ1) is 12.4. The molecule has 0 bridgehead atoms. The van der Waals surface area contributed by atoms with Gasteiger partial charge in [-0.05, 0) is 43.9 Å². The molecule has 0 spiro atoms. The molecular weight excluding hydrogens is 372 g/mol. The highest BCUT2D eigenvalue weighted by Gasteiger charge is 2.27. The van der Waals surface area contributed by atoms with E-state index in [9.17, 15) is 9.59 Å². The predicted molar refractivity (Wildman–Crippen MR) is 104 cm³/mol. The third-order valence-corrected chi connectivity index (χ3v) is 6.42. The normalized spacial score (nSPS) is 14.7. The minimum absolute atomic E-state index is 0.184. The number of anilines is 2. The summed E-state index contributed by atoms with van der Waals surface area (Å²) in [6.45, 7) is 3.71. The summed E-state index contributed by atoms with van der Waals surface area (Å²) in [5.41, 5.74) is 12.9. The summed E-state index contributed by atoms with van der Waals surface area (Å²) < 4.78 is 1.60. The number of thiophene rings is 1.